The van der Waals surface area contributed by atoms with Crippen molar-refractivity contribution in [3.63, 3.8) is 0 Å². The number of amides is 6. The maximum absolute atomic E-state index is 14.7. The predicted octanol–water partition coefficient (Wildman–Crippen LogP) is 4.99. The first-order valence-electron chi connectivity index (χ1n) is 22.2. The smallest absolute Gasteiger partial charge is 0.410 e. The zero-order chi connectivity index (χ0) is 49.2. The maximum Gasteiger partial charge on any atom is 0.410 e. The molecule has 6 amide bonds. The summed E-state index contributed by atoms with van der Waals surface area (Å²) in [6.45, 7) is 19.1. The minimum atomic E-state index is -1.28. The van der Waals surface area contributed by atoms with Crippen molar-refractivity contribution in [3.8, 4) is 0 Å². The molecule has 360 valence electrons. The van der Waals surface area contributed by atoms with Gasteiger partial charge < -0.3 is 39.5 Å². The van der Waals surface area contributed by atoms with Gasteiger partial charge in [0.2, 0.25) is 29.5 Å². The lowest BCUT2D eigenvalue weighted by atomic mass is 9.97. The Balaban J connectivity index is 2.50. The lowest BCUT2D eigenvalue weighted by molar-refractivity contribution is -0.151. The first-order chi connectivity index (χ1) is 30.4. The average Bonchev–Trinajstić information content (AvgIpc) is 3.25. The van der Waals surface area contributed by atoms with Gasteiger partial charge in [0.1, 0.15) is 49.0 Å². The van der Waals surface area contributed by atoms with Gasteiger partial charge in [-0.3, -0.25) is 33.7 Å². The molecule has 65 heavy (non-hydrogen) atoms. The molecule has 0 radical (unpaired) electrons. The molecular weight excluding hydrogens is 833 g/mol. The Labute approximate surface area is 386 Å². The summed E-state index contributed by atoms with van der Waals surface area (Å²) in [6, 6.07) is 12.8. The van der Waals surface area contributed by atoms with Gasteiger partial charge in [0.05, 0.1) is 12.7 Å². The summed E-state index contributed by atoms with van der Waals surface area (Å²) in [5.41, 5.74) is 0.788. The Morgan fingerprint density at radius 2 is 1.20 bits per heavy atom. The topological polar surface area (TPSA) is 184 Å². The lowest BCUT2D eigenvalue weighted by Gasteiger charge is -2.36. The number of likely N-dealkylation sites (N-methyl/N-ethyl adjacent to an activating group) is 4. The summed E-state index contributed by atoms with van der Waals surface area (Å²) < 4.78 is 16.7. The minimum absolute atomic E-state index is 0.0394. The van der Waals surface area contributed by atoms with Crippen LogP contribution in [-0.4, -0.2) is 144 Å². The van der Waals surface area contributed by atoms with Crippen LogP contribution in [0.25, 0.3) is 0 Å². The molecule has 0 aliphatic carbocycles. The number of nitrogens with one attached hydrogen (secondary N) is 2. The quantitative estimate of drug-likeness (QED) is 0.108. The monoisotopic (exact) mass is 907 g/mol. The minimum Gasteiger partial charge on any atom is -0.460 e. The SMILES string of the molecule is C=CCOC(=O)CN(C)C(=O)[C@@H](NC(=O)[C@H](CC(C)C)N(C)C(=O)C(CC(C)C)NC(=O)C(Cc1ccccc1)N(C)C(=O)C(C)N(C)C(=O)OC(C)(C)C)C(C)OCc1ccccc1. The number of rotatable bonds is 24. The molecular formula is C49H74N6O10. The van der Waals surface area contributed by atoms with E-state index in [-0.39, 0.29) is 44.3 Å². The van der Waals surface area contributed by atoms with Crippen LogP contribution in [-0.2, 0) is 56.0 Å². The fourth-order valence-corrected chi connectivity index (χ4v) is 6.83. The Kier molecular flexibility index (Phi) is 22.4. The highest BCUT2D eigenvalue weighted by atomic mass is 16.6. The molecule has 16 heteroatoms. The van der Waals surface area contributed by atoms with E-state index in [9.17, 15) is 33.6 Å². The normalized spacial score (nSPS) is 14.1. The summed E-state index contributed by atoms with van der Waals surface area (Å²) in [5.74, 6) is -3.83. The van der Waals surface area contributed by atoms with Crippen molar-refractivity contribution in [2.45, 2.75) is 130 Å². The van der Waals surface area contributed by atoms with E-state index < -0.39 is 90.1 Å². The number of nitrogens with zero attached hydrogens (tertiary/aromatic N) is 4. The number of hydrogen-bond donors (Lipinski definition) is 2. The molecule has 6 atom stereocenters. The summed E-state index contributed by atoms with van der Waals surface area (Å²) in [4.78, 5) is 102. The number of carbonyl (C=O) groups excluding carboxylic acids is 7. The summed E-state index contributed by atoms with van der Waals surface area (Å²) in [5, 5.41) is 5.76. The standard InChI is InChI=1S/C49H74N6O10/c1-15-26-63-41(56)30-52(11)47(61)42(35(7)64-31-37-24-20-17-21-25-37)51-44(58)39(28-33(4)5)55(14)46(60)38(27-32(2)3)50-43(57)40(29-36-22-18-16-19-23-36)54(13)45(59)34(6)53(12)48(62)65-49(8,9)10/h15-25,32-35,38-40,42H,1,26-31H2,2-14H3,(H,50,57)(H,51,58)/t34?,35?,38?,39-,40?,42-/m0/s1. The zero-order valence-electron chi connectivity index (χ0n) is 40.8. The molecule has 2 rings (SSSR count). The number of ether oxygens (including phenoxy) is 3. The summed E-state index contributed by atoms with van der Waals surface area (Å²) in [6.07, 6.45) is 0.288. The third kappa shape index (κ3) is 18.3. The second-order valence-electron chi connectivity index (χ2n) is 18.4. The number of hydrogen-bond acceptors (Lipinski definition) is 10. The Hall–Kier alpha value is -5.77. The molecule has 0 aromatic heterocycles. The van der Waals surface area contributed by atoms with Crippen molar-refractivity contribution >= 4 is 41.6 Å². The van der Waals surface area contributed by atoms with E-state index in [0.717, 1.165) is 16.0 Å². The van der Waals surface area contributed by atoms with Crippen molar-refractivity contribution in [1.82, 2.24) is 30.2 Å². The highest BCUT2D eigenvalue weighted by Crippen LogP contribution is 2.19. The van der Waals surface area contributed by atoms with Gasteiger partial charge in [-0.15, -0.1) is 0 Å². The number of carbonyl (C=O) groups is 7. The second kappa shape index (κ2) is 26.3. The molecule has 0 heterocycles. The Bertz CT molecular complexity index is 1890. The zero-order valence-corrected chi connectivity index (χ0v) is 40.8. The Morgan fingerprint density at radius 1 is 0.677 bits per heavy atom. The first-order valence-corrected chi connectivity index (χ1v) is 22.2. The molecule has 2 aromatic carbocycles. The van der Waals surface area contributed by atoms with Gasteiger partial charge in [-0.05, 0) is 70.4 Å². The van der Waals surface area contributed by atoms with Crippen LogP contribution in [0.4, 0.5) is 4.79 Å². The van der Waals surface area contributed by atoms with E-state index in [2.05, 4.69) is 17.2 Å². The summed E-state index contributed by atoms with van der Waals surface area (Å²) in [7, 11) is 5.82. The lowest BCUT2D eigenvalue weighted by Crippen LogP contribution is -2.61. The van der Waals surface area contributed by atoms with E-state index in [4.69, 9.17) is 14.2 Å². The van der Waals surface area contributed by atoms with Crippen LogP contribution >= 0.6 is 0 Å². The van der Waals surface area contributed by atoms with Gasteiger partial charge in [-0.25, -0.2) is 4.79 Å². The molecule has 0 fully saturated rings. The van der Waals surface area contributed by atoms with Crippen molar-refractivity contribution in [2.24, 2.45) is 11.8 Å². The van der Waals surface area contributed by atoms with Crippen LogP contribution in [0, 0.1) is 11.8 Å². The van der Waals surface area contributed by atoms with Crippen molar-refractivity contribution in [3.05, 3.63) is 84.4 Å². The van der Waals surface area contributed by atoms with E-state index in [0.29, 0.717) is 0 Å². The van der Waals surface area contributed by atoms with Crippen molar-refractivity contribution in [2.75, 3.05) is 41.3 Å². The molecule has 0 aliphatic heterocycles. The van der Waals surface area contributed by atoms with Crippen LogP contribution in [0.5, 0.6) is 0 Å². The van der Waals surface area contributed by atoms with Crippen molar-refractivity contribution < 1.29 is 47.8 Å². The average molecular weight is 907 g/mol. The Morgan fingerprint density at radius 3 is 1.72 bits per heavy atom. The van der Waals surface area contributed by atoms with Crippen LogP contribution in [0.2, 0.25) is 0 Å². The van der Waals surface area contributed by atoms with Crippen molar-refractivity contribution in [1.29, 1.82) is 0 Å². The van der Waals surface area contributed by atoms with E-state index in [1.807, 2.05) is 88.4 Å². The maximum atomic E-state index is 14.7. The molecule has 0 spiro atoms. The highest BCUT2D eigenvalue weighted by Gasteiger charge is 2.39. The van der Waals surface area contributed by atoms with Gasteiger partial charge in [0, 0.05) is 34.6 Å². The fourth-order valence-electron chi connectivity index (χ4n) is 6.83. The van der Waals surface area contributed by atoms with Gasteiger partial charge in [0.15, 0.2) is 0 Å². The fraction of sp³-hybridized carbons (Fsp3) is 0.571. The van der Waals surface area contributed by atoms with E-state index in [1.54, 1.807) is 34.6 Å². The van der Waals surface area contributed by atoms with Gasteiger partial charge >= 0.3 is 12.1 Å². The third-order valence-corrected chi connectivity index (χ3v) is 10.6. The number of esters is 1. The molecule has 16 nitrogen and oxygen atoms in total. The predicted molar refractivity (Wildman–Crippen MR) is 249 cm³/mol. The molecule has 0 bridgehead atoms. The first kappa shape index (κ1) is 55.4. The summed E-state index contributed by atoms with van der Waals surface area (Å²) >= 11 is 0. The van der Waals surface area contributed by atoms with E-state index >= 15 is 0 Å². The van der Waals surface area contributed by atoms with Crippen LogP contribution < -0.4 is 10.6 Å². The van der Waals surface area contributed by atoms with Gasteiger partial charge in [-0.1, -0.05) is 101 Å². The number of benzene rings is 2. The third-order valence-electron chi connectivity index (χ3n) is 10.6. The highest BCUT2D eigenvalue weighted by molar-refractivity contribution is 5.96. The molecule has 2 N–H and O–H groups in total. The largest absolute Gasteiger partial charge is 0.460 e. The molecule has 0 saturated carbocycles. The van der Waals surface area contributed by atoms with Gasteiger partial charge in [-0.2, -0.15) is 0 Å². The van der Waals surface area contributed by atoms with Gasteiger partial charge in [0.25, 0.3) is 0 Å². The van der Waals surface area contributed by atoms with Crippen LogP contribution in [0.15, 0.2) is 73.3 Å². The second-order valence-corrected chi connectivity index (χ2v) is 18.4. The molecule has 0 aliphatic rings. The molecule has 2 aromatic rings. The van der Waals surface area contributed by atoms with E-state index in [1.165, 1.54) is 49.0 Å². The van der Waals surface area contributed by atoms with Crippen LogP contribution in [0.3, 0.4) is 0 Å². The van der Waals surface area contributed by atoms with Crippen LogP contribution in [0.1, 0.15) is 86.3 Å². The molecule has 0 saturated heterocycles. The molecule has 4 unspecified atom stereocenters.